The van der Waals surface area contributed by atoms with Crippen molar-refractivity contribution >= 4 is 0 Å². The van der Waals surface area contributed by atoms with Crippen LogP contribution in [0.25, 0.3) is 0 Å². The molecule has 15 heavy (non-hydrogen) atoms. The maximum Gasteiger partial charge on any atom is 0.0197 e. The SMILES string of the molecule is CC1CN(C)CCCN1C1CCNCC1. The lowest BCUT2D eigenvalue weighted by Crippen LogP contribution is -2.48. The van der Waals surface area contributed by atoms with E-state index in [1.54, 1.807) is 0 Å². The fourth-order valence-electron chi connectivity index (χ4n) is 3.07. The summed E-state index contributed by atoms with van der Waals surface area (Å²) in [4.78, 5) is 5.23. The number of hydrogen-bond acceptors (Lipinski definition) is 3. The van der Waals surface area contributed by atoms with Crippen LogP contribution in [0.1, 0.15) is 26.2 Å². The first kappa shape index (κ1) is 11.4. The summed E-state index contributed by atoms with van der Waals surface area (Å²) in [6.45, 7) is 8.63. The van der Waals surface area contributed by atoms with Crippen molar-refractivity contribution in [2.75, 3.05) is 39.8 Å². The third-order valence-electron chi connectivity index (χ3n) is 3.88. The molecule has 1 atom stereocenters. The highest BCUT2D eigenvalue weighted by Crippen LogP contribution is 2.18. The van der Waals surface area contributed by atoms with Crippen LogP contribution in [0.3, 0.4) is 0 Å². The zero-order valence-corrected chi connectivity index (χ0v) is 10.2. The minimum atomic E-state index is 0.737. The minimum Gasteiger partial charge on any atom is -0.317 e. The first-order valence-corrected chi connectivity index (χ1v) is 6.42. The van der Waals surface area contributed by atoms with E-state index in [1.807, 2.05) is 0 Å². The Morgan fingerprint density at radius 1 is 1.13 bits per heavy atom. The molecular formula is C12H25N3. The Hall–Kier alpha value is -0.120. The van der Waals surface area contributed by atoms with Crippen molar-refractivity contribution in [1.82, 2.24) is 15.1 Å². The molecule has 0 saturated carbocycles. The van der Waals surface area contributed by atoms with Crippen LogP contribution in [0.4, 0.5) is 0 Å². The molecule has 2 fully saturated rings. The van der Waals surface area contributed by atoms with E-state index in [4.69, 9.17) is 0 Å². The molecule has 0 radical (unpaired) electrons. The van der Waals surface area contributed by atoms with E-state index in [-0.39, 0.29) is 0 Å². The summed E-state index contributed by atoms with van der Waals surface area (Å²) in [5.41, 5.74) is 0. The minimum absolute atomic E-state index is 0.737. The summed E-state index contributed by atoms with van der Waals surface area (Å²) in [5.74, 6) is 0. The topological polar surface area (TPSA) is 18.5 Å². The predicted octanol–water partition coefficient (Wildman–Crippen LogP) is 0.764. The van der Waals surface area contributed by atoms with E-state index in [2.05, 4.69) is 29.1 Å². The number of likely N-dealkylation sites (N-methyl/N-ethyl adjacent to an activating group) is 1. The van der Waals surface area contributed by atoms with Gasteiger partial charge in [0.05, 0.1) is 0 Å². The molecule has 0 aromatic rings. The van der Waals surface area contributed by atoms with Gasteiger partial charge in [0.1, 0.15) is 0 Å². The molecule has 0 aromatic heterocycles. The summed E-state index contributed by atoms with van der Waals surface area (Å²) in [5, 5.41) is 3.46. The molecule has 0 aliphatic carbocycles. The maximum atomic E-state index is 3.46. The second-order valence-electron chi connectivity index (χ2n) is 5.18. The molecular weight excluding hydrogens is 186 g/mol. The van der Waals surface area contributed by atoms with Crippen LogP contribution in [-0.2, 0) is 0 Å². The Balaban J connectivity index is 1.93. The summed E-state index contributed by atoms with van der Waals surface area (Å²) in [7, 11) is 2.25. The molecule has 0 amide bonds. The smallest absolute Gasteiger partial charge is 0.0197 e. The van der Waals surface area contributed by atoms with Gasteiger partial charge in [-0.3, -0.25) is 4.90 Å². The molecule has 0 aromatic carbocycles. The highest BCUT2D eigenvalue weighted by Gasteiger charge is 2.27. The first-order valence-electron chi connectivity index (χ1n) is 6.42. The first-order chi connectivity index (χ1) is 7.27. The van der Waals surface area contributed by atoms with Gasteiger partial charge in [0, 0.05) is 18.6 Å². The molecule has 2 saturated heterocycles. The zero-order chi connectivity index (χ0) is 10.7. The molecule has 2 aliphatic rings. The van der Waals surface area contributed by atoms with Crippen molar-refractivity contribution in [2.45, 2.75) is 38.3 Å². The Labute approximate surface area is 93.8 Å². The van der Waals surface area contributed by atoms with Crippen LogP contribution in [0.5, 0.6) is 0 Å². The van der Waals surface area contributed by atoms with Crippen LogP contribution in [0, 0.1) is 0 Å². The van der Waals surface area contributed by atoms with Gasteiger partial charge in [-0.1, -0.05) is 0 Å². The van der Waals surface area contributed by atoms with Crippen molar-refractivity contribution in [2.24, 2.45) is 0 Å². The van der Waals surface area contributed by atoms with Crippen LogP contribution in [-0.4, -0.2) is 61.7 Å². The summed E-state index contributed by atoms with van der Waals surface area (Å²) in [6, 6.07) is 1.58. The number of nitrogens with zero attached hydrogens (tertiary/aromatic N) is 2. The average molecular weight is 211 g/mol. The van der Waals surface area contributed by atoms with Gasteiger partial charge in [-0.2, -0.15) is 0 Å². The number of piperidine rings is 1. The van der Waals surface area contributed by atoms with E-state index in [0.717, 1.165) is 12.1 Å². The van der Waals surface area contributed by atoms with Gasteiger partial charge < -0.3 is 10.2 Å². The van der Waals surface area contributed by atoms with E-state index in [9.17, 15) is 0 Å². The molecule has 2 heterocycles. The third-order valence-corrected chi connectivity index (χ3v) is 3.88. The maximum absolute atomic E-state index is 3.46. The average Bonchev–Trinajstić information content (AvgIpc) is 2.40. The zero-order valence-electron chi connectivity index (χ0n) is 10.2. The lowest BCUT2D eigenvalue weighted by atomic mass is 10.0. The Kier molecular flexibility index (Phi) is 4.00. The molecule has 1 N–H and O–H groups in total. The largest absolute Gasteiger partial charge is 0.317 e. The Bertz CT molecular complexity index is 189. The van der Waals surface area contributed by atoms with E-state index in [0.29, 0.717) is 0 Å². The summed E-state index contributed by atoms with van der Waals surface area (Å²) in [6.07, 6.45) is 4.02. The highest BCUT2D eigenvalue weighted by molar-refractivity contribution is 4.84. The Morgan fingerprint density at radius 3 is 2.60 bits per heavy atom. The van der Waals surface area contributed by atoms with Gasteiger partial charge in [0.25, 0.3) is 0 Å². The van der Waals surface area contributed by atoms with Gasteiger partial charge in [-0.25, -0.2) is 0 Å². The number of rotatable bonds is 1. The molecule has 0 spiro atoms. The molecule has 3 heteroatoms. The van der Waals surface area contributed by atoms with Gasteiger partial charge in [-0.15, -0.1) is 0 Å². The molecule has 3 nitrogen and oxygen atoms in total. The number of nitrogens with one attached hydrogen (secondary N) is 1. The van der Waals surface area contributed by atoms with Crippen molar-refractivity contribution in [3.63, 3.8) is 0 Å². The van der Waals surface area contributed by atoms with E-state index >= 15 is 0 Å². The predicted molar refractivity (Wildman–Crippen MR) is 64.2 cm³/mol. The fraction of sp³-hybridized carbons (Fsp3) is 1.00. The number of hydrogen-bond donors (Lipinski definition) is 1. The second kappa shape index (κ2) is 5.28. The van der Waals surface area contributed by atoms with Crippen LogP contribution < -0.4 is 5.32 Å². The van der Waals surface area contributed by atoms with Crippen LogP contribution >= 0.6 is 0 Å². The molecule has 0 bridgehead atoms. The van der Waals surface area contributed by atoms with Gasteiger partial charge in [-0.05, 0) is 59.4 Å². The summed E-state index contributed by atoms with van der Waals surface area (Å²) >= 11 is 0. The Morgan fingerprint density at radius 2 is 1.87 bits per heavy atom. The van der Waals surface area contributed by atoms with Crippen molar-refractivity contribution in [3.8, 4) is 0 Å². The normalized spacial score (nSPS) is 32.8. The monoisotopic (exact) mass is 211 g/mol. The lowest BCUT2D eigenvalue weighted by molar-refractivity contribution is 0.118. The second-order valence-corrected chi connectivity index (χ2v) is 5.18. The van der Waals surface area contributed by atoms with Gasteiger partial charge in [0.15, 0.2) is 0 Å². The van der Waals surface area contributed by atoms with Crippen molar-refractivity contribution < 1.29 is 0 Å². The van der Waals surface area contributed by atoms with Crippen LogP contribution in [0.15, 0.2) is 0 Å². The third kappa shape index (κ3) is 2.92. The van der Waals surface area contributed by atoms with Crippen molar-refractivity contribution in [1.29, 1.82) is 0 Å². The van der Waals surface area contributed by atoms with Gasteiger partial charge >= 0.3 is 0 Å². The molecule has 88 valence electrons. The highest BCUT2D eigenvalue weighted by atomic mass is 15.2. The quantitative estimate of drug-likeness (QED) is 0.691. The molecule has 2 rings (SSSR count). The molecule has 2 aliphatic heterocycles. The standard InChI is InChI=1S/C12H25N3/c1-11-10-14(2)8-3-9-15(11)12-4-6-13-7-5-12/h11-13H,3-10H2,1-2H3. The van der Waals surface area contributed by atoms with E-state index < -0.39 is 0 Å². The van der Waals surface area contributed by atoms with Crippen LogP contribution in [0.2, 0.25) is 0 Å². The lowest BCUT2D eigenvalue weighted by Gasteiger charge is -2.38. The van der Waals surface area contributed by atoms with Crippen molar-refractivity contribution in [3.05, 3.63) is 0 Å². The van der Waals surface area contributed by atoms with E-state index in [1.165, 1.54) is 52.0 Å². The summed E-state index contributed by atoms with van der Waals surface area (Å²) < 4.78 is 0. The molecule has 1 unspecified atom stereocenters. The fourth-order valence-corrected chi connectivity index (χ4v) is 3.07. The van der Waals surface area contributed by atoms with Gasteiger partial charge in [0.2, 0.25) is 0 Å².